The van der Waals surface area contributed by atoms with Crippen molar-refractivity contribution in [3.63, 3.8) is 0 Å². The molecule has 0 aliphatic heterocycles. The highest BCUT2D eigenvalue weighted by Crippen LogP contribution is 2.19. The van der Waals surface area contributed by atoms with E-state index in [0.717, 1.165) is 24.2 Å². The summed E-state index contributed by atoms with van der Waals surface area (Å²) in [4.78, 5) is 12.4. The van der Waals surface area contributed by atoms with Crippen molar-refractivity contribution in [2.45, 2.75) is 47.1 Å². The van der Waals surface area contributed by atoms with Crippen LogP contribution < -0.4 is 10.1 Å². The molecule has 0 radical (unpaired) electrons. The molecule has 0 saturated heterocycles. The normalized spacial score (nSPS) is 10.5. The number of hydrogen-bond acceptors (Lipinski definition) is 2. The SMILES string of the molecule is CCOc1ccc(C(=O)NCc2cc(CC)ccc2CC)cc1C. The molecule has 0 fully saturated rings. The van der Waals surface area contributed by atoms with Crippen LogP contribution >= 0.6 is 0 Å². The zero-order valence-corrected chi connectivity index (χ0v) is 15.1. The standard InChI is InChI=1S/C21H27NO2/c1-5-16-8-9-17(6-2)19(13-16)14-22-21(23)18-10-11-20(24-7-3)15(4)12-18/h8-13H,5-7,14H2,1-4H3,(H,22,23). The van der Waals surface area contributed by atoms with E-state index in [1.54, 1.807) is 0 Å². The van der Waals surface area contributed by atoms with Crippen LogP contribution in [0.4, 0.5) is 0 Å². The lowest BCUT2D eigenvalue weighted by Gasteiger charge is -2.12. The molecule has 0 heterocycles. The van der Waals surface area contributed by atoms with Crippen LogP contribution in [0.5, 0.6) is 5.75 Å². The Morgan fingerprint density at radius 3 is 2.42 bits per heavy atom. The largest absolute Gasteiger partial charge is 0.494 e. The minimum atomic E-state index is -0.0508. The molecular formula is C21H27NO2. The van der Waals surface area contributed by atoms with Crippen molar-refractivity contribution in [1.29, 1.82) is 0 Å². The van der Waals surface area contributed by atoms with Crippen LogP contribution in [0.3, 0.4) is 0 Å². The summed E-state index contributed by atoms with van der Waals surface area (Å²) in [5.41, 5.74) is 5.43. The minimum absolute atomic E-state index is 0.0508. The monoisotopic (exact) mass is 325 g/mol. The van der Waals surface area contributed by atoms with Gasteiger partial charge in [-0.15, -0.1) is 0 Å². The molecule has 0 saturated carbocycles. The van der Waals surface area contributed by atoms with Crippen molar-refractivity contribution in [3.05, 3.63) is 64.2 Å². The summed E-state index contributed by atoms with van der Waals surface area (Å²) >= 11 is 0. The topological polar surface area (TPSA) is 38.3 Å². The molecule has 1 amide bonds. The van der Waals surface area contributed by atoms with Crippen molar-refractivity contribution in [1.82, 2.24) is 5.32 Å². The quantitative estimate of drug-likeness (QED) is 0.817. The zero-order chi connectivity index (χ0) is 17.5. The van der Waals surface area contributed by atoms with Crippen LogP contribution in [0.2, 0.25) is 0 Å². The highest BCUT2D eigenvalue weighted by molar-refractivity contribution is 5.94. The van der Waals surface area contributed by atoms with Crippen molar-refractivity contribution in [2.75, 3.05) is 6.61 Å². The summed E-state index contributed by atoms with van der Waals surface area (Å²) in [5.74, 6) is 0.781. The Hall–Kier alpha value is -2.29. The molecule has 0 aromatic heterocycles. The maximum Gasteiger partial charge on any atom is 0.251 e. The number of benzene rings is 2. The summed E-state index contributed by atoms with van der Waals surface area (Å²) in [6, 6.07) is 12.1. The maximum atomic E-state index is 12.4. The fourth-order valence-electron chi connectivity index (χ4n) is 2.79. The first-order chi connectivity index (χ1) is 11.6. The Labute approximate surface area is 145 Å². The fourth-order valence-corrected chi connectivity index (χ4v) is 2.79. The van der Waals surface area contributed by atoms with E-state index >= 15 is 0 Å². The predicted molar refractivity (Wildman–Crippen MR) is 98.7 cm³/mol. The van der Waals surface area contributed by atoms with Gasteiger partial charge < -0.3 is 10.1 Å². The average molecular weight is 325 g/mol. The van der Waals surface area contributed by atoms with E-state index < -0.39 is 0 Å². The van der Waals surface area contributed by atoms with Gasteiger partial charge in [0, 0.05) is 12.1 Å². The highest BCUT2D eigenvalue weighted by atomic mass is 16.5. The second kappa shape index (κ2) is 8.53. The third kappa shape index (κ3) is 4.38. The van der Waals surface area contributed by atoms with Gasteiger partial charge >= 0.3 is 0 Å². The third-order valence-electron chi connectivity index (χ3n) is 4.24. The van der Waals surface area contributed by atoms with Gasteiger partial charge in [-0.3, -0.25) is 4.79 Å². The average Bonchev–Trinajstić information content (AvgIpc) is 2.61. The summed E-state index contributed by atoms with van der Waals surface area (Å²) in [5, 5.41) is 3.04. The van der Waals surface area contributed by atoms with Crippen molar-refractivity contribution in [2.24, 2.45) is 0 Å². The first-order valence-electron chi connectivity index (χ1n) is 8.71. The number of rotatable bonds is 7. The molecule has 1 N–H and O–H groups in total. The molecule has 0 aliphatic carbocycles. The van der Waals surface area contributed by atoms with E-state index in [1.807, 2.05) is 32.0 Å². The number of hydrogen-bond donors (Lipinski definition) is 1. The van der Waals surface area contributed by atoms with Crippen LogP contribution in [0.25, 0.3) is 0 Å². The maximum absolute atomic E-state index is 12.4. The molecule has 3 heteroatoms. The van der Waals surface area contributed by atoms with E-state index in [4.69, 9.17) is 4.74 Å². The zero-order valence-electron chi connectivity index (χ0n) is 15.1. The van der Waals surface area contributed by atoms with Gasteiger partial charge in [0.15, 0.2) is 0 Å². The smallest absolute Gasteiger partial charge is 0.251 e. The second-order valence-electron chi connectivity index (χ2n) is 5.91. The van der Waals surface area contributed by atoms with Gasteiger partial charge in [0.05, 0.1) is 6.61 Å². The molecule has 0 bridgehead atoms. The molecule has 0 aliphatic rings. The lowest BCUT2D eigenvalue weighted by Crippen LogP contribution is -2.23. The van der Waals surface area contributed by atoms with Crippen LogP contribution in [-0.2, 0) is 19.4 Å². The van der Waals surface area contributed by atoms with Crippen LogP contribution in [0, 0.1) is 6.92 Å². The van der Waals surface area contributed by atoms with E-state index in [9.17, 15) is 4.79 Å². The Bertz CT molecular complexity index is 707. The molecule has 2 aromatic carbocycles. The Morgan fingerprint density at radius 2 is 1.79 bits per heavy atom. The van der Waals surface area contributed by atoms with E-state index in [1.165, 1.54) is 16.7 Å². The molecule has 2 rings (SSSR count). The number of amides is 1. The Balaban J connectivity index is 2.09. The molecule has 0 unspecified atom stereocenters. The third-order valence-corrected chi connectivity index (χ3v) is 4.24. The van der Waals surface area contributed by atoms with Crippen LogP contribution in [-0.4, -0.2) is 12.5 Å². The van der Waals surface area contributed by atoms with Crippen molar-refractivity contribution >= 4 is 5.91 Å². The van der Waals surface area contributed by atoms with Gasteiger partial charge in [0.2, 0.25) is 0 Å². The molecule has 128 valence electrons. The minimum Gasteiger partial charge on any atom is -0.494 e. The van der Waals surface area contributed by atoms with Gasteiger partial charge in [0.1, 0.15) is 5.75 Å². The van der Waals surface area contributed by atoms with Crippen molar-refractivity contribution in [3.8, 4) is 5.75 Å². The van der Waals surface area contributed by atoms with E-state index in [0.29, 0.717) is 18.7 Å². The first kappa shape index (κ1) is 18.1. The fraction of sp³-hybridized carbons (Fsp3) is 0.381. The number of aryl methyl sites for hydroxylation is 3. The van der Waals surface area contributed by atoms with Gasteiger partial charge in [-0.25, -0.2) is 0 Å². The van der Waals surface area contributed by atoms with Crippen LogP contribution in [0.1, 0.15) is 53.4 Å². The van der Waals surface area contributed by atoms with Gasteiger partial charge in [-0.1, -0.05) is 32.0 Å². The summed E-state index contributed by atoms with van der Waals surface area (Å²) < 4.78 is 5.52. The van der Waals surface area contributed by atoms with Gasteiger partial charge in [-0.2, -0.15) is 0 Å². The van der Waals surface area contributed by atoms with Gasteiger partial charge in [0.25, 0.3) is 5.91 Å². The lowest BCUT2D eigenvalue weighted by molar-refractivity contribution is 0.0950. The van der Waals surface area contributed by atoms with E-state index in [-0.39, 0.29) is 5.91 Å². The first-order valence-corrected chi connectivity index (χ1v) is 8.71. The number of carbonyl (C=O) groups is 1. The number of nitrogens with one attached hydrogen (secondary N) is 1. The number of ether oxygens (including phenoxy) is 1. The molecule has 2 aromatic rings. The van der Waals surface area contributed by atoms with E-state index in [2.05, 4.69) is 37.4 Å². The summed E-state index contributed by atoms with van der Waals surface area (Å²) in [6.45, 7) is 9.38. The molecule has 24 heavy (non-hydrogen) atoms. The Morgan fingerprint density at radius 1 is 1.00 bits per heavy atom. The molecule has 0 spiro atoms. The highest BCUT2D eigenvalue weighted by Gasteiger charge is 2.09. The number of carbonyl (C=O) groups excluding carboxylic acids is 1. The lowest BCUT2D eigenvalue weighted by atomic mass is 10.0. The second-order valence-corrected chi connectivity index (χ2v) is 5.91. The summed E-state index contributed by atoms with van der Waals surface area (Å²) in [7, 11) is 0. The summed E-state index contributed by atoms with van der Waals surface area (Å²) in [6.07, 6.45) is 1.97. The molecule has 0 atom stereocenters. The van der Waals surface area contributed by atoms with Gasteiger partial charge in [-0.05, 0) is 67.1 Å². The Kier molecular flexibility index (Phi) is 6.42. The van der Waals surface area contributed by atoms with Crippen molar-refractivity contribution < 1.29 is 9.53 Å². The van der Waals surface area contributed by atoms with Crippen LogP contribution in [0.15, 0.2) is 36.4 Å². The predicted octanol–water partition coefficient (Wildman–Crippen LogP) is 4.45. The molecule has 3 nitrogen and oxygen atoms in total. The molecular weight excluding hydrogens is 298 g/mol.